The molecule has 5 aromatic rings. The molecule has 308 valence electrons. The van der Waals surface area contributed by atoms with Gasteiger partial charge in [-0.3, -0.25) is 34.8 Å². The number of hydrogen-bond donors (Lipinski definition) is 3. The SMILES string of the molecule is Cc1nc(-c2cc(C(=O)NCc3nc(C(C)(C)C(C)(F)F)n[nH]3)on2)ncc1-c1ncc(C(C)N2CC3(CC(c4cccc(N5CCC(=O)NC5=O)c4Cl)C3)C2)cc1F. The maximum Gasteiger partial charge on any atom is 0.328 e. The Morgan fingerprint density at radius 2 is 1.88 bits per heavy atom. The highest BCUT2D eigenvalue weighted by Crippen LogP contribution is 2.59. The fourth-order valence-electron chi connectivity index (χ4n) is 7.91. The number of aromatic nitrogens is 7. The number of hydrogen-bond acceptors (Lipinski definition) is 11. The van der Waals surface area contributed by atoms with E-state index < -0.39 is 29.1 Å². The Labute approximate surface area is 341 Å². The van der Waals surface area contributed by atoms with Crippen LogP contribution in [0.15, 0.2) is 47.2 Å². The van der Waals surface area contributed by atoms with Crippen LogP contribution in [-0.2, 0) is 16.8 Å². The molecule has 1 spiro atoms. The number of benzene rings is 1. The lowest BCUT2D eigenvalue weighted by atomic mass is 9.56. The molecule has 4 aromatic heterocycles. The number of H-pyrrole nitrogens is 1. The van der Waals surface area contributed by atoms with Gasteiger partial charge in [-0.15, -0.1) is 0 Å². The Balaban J connectivity index is 0.859. The quantitative estimate of drug-likeness (QED) is 0.129. The average Bonchev–Trinajstić information content (AvgIpc) is 3.85. The Morgan fingerprint density at radius 3 is 2.58 bits per heavy atom. The molecular formula is C40H41ClF3N11O4. The van der Waals surface area contributed by atoms with Crippen molar-refractivity contribution in [2.45, 2.75) is 83.7 Å². The minimum absolute atomic E-state index is 0.0734. The predicted molar refractivity (Wildman–Crippen MR) is 208 cm³/mol. The van der Waals surface area contributed by atoms with Crippen LogP contribution in [0.3, 0.4) is 0 Å². The van der Waals surface area contributed by atoms with Gasteiger partial charge in [-0.1, -0.05) is 28.9 Å². The molecule has 1 aromatic carbocycles. The molecule has 1 unspecified atom stereocenters. The lowest BCUT2D eigenvalue weighted by molar-refractivity contribution is -0.120. The van der Waals surface area contributed by atoms with Crippen LogP contribution in [0.4, 0.5) is 23.7 Å². The first-order chi connectivity index (χ1) is 27.9. The van der Waals surface area contributed by atoms with Crippen molar-refractivity contribution >= 4 is 35.1 Å². The minimum atomic E-state index is -3.07. The summed E-state index contributed by atoms with van der Waals surface area (Å²) in [5, 5.41) is 15.8. The number of rotatable bonds is 11. The van der Waals surface area contributed by atoms with Gasteiger partial charge in [0.2, 0.25) is 11.7 Å². The van der Waals surface area contributed by atoms with E-state index in [1.54, 1.807) is 19.2 Å². The maximum atomic E-state index is 15.7. The van der Waals surface area contributed by atoms with Crippen molar-refractivity contribution in [3.63, 3.8) is 0 Å². The molecule has 3 aliphatic rings. The van der Waals surface area contributed by atoms with Crippen molar-refractivity contribution in [1.29, 1.82) is 0 Å². The van der Waals surface area contributed by atoms with Crippen molar-refractivity contribution in [3.05, 3.63) is 87.8 Å². The van der Waals surface area contributed by atoms with E-state index in [1.165, 1.54) is 37.1 Å². The summed E-state index contributed by atoms with van der Waals surface area (Å²) in [6.45, 7) is 9.03. The number of alkyl halides is 2. The molecule has 0 radical (unpaired) electrons. The number of urea groups is 1. The zero-order valence-corrected chi connectivity index (χ0v) is 33.6. The molecule has 15 nitrogen and oxygen atoms in total. The fraction of sp³-hybridized carbons (Fsp3) is 0.425. The smallest absolute Gasteiger partial charge is 0.328 e. The van der Waals surface area contributed by atoms with Gasteiger partial charge in [0.1, 0.15) is 17.3 Å². The zero-order chi connectivity index (χ0) is 42.0. The van der Waals surface area contributed by atoms with Gasteiger partial charge < -0.3 is 9.84 Å². The number of halogens is 4. The number of nitrogens with one attached hydrogen (secondary N) is 3. The van der Waals surface area contributed by atoms with Crippen LogP contribution in [-0.4, -0.2) is 83.6 Å². The number of carbonyl (C=O) groups is 3. The van der Waals surface area contributed by atoms with E-state index in [2.05, 4.69) is 50.8 Å². The summed E-state index contributed by atoms with van der Waals surface area (Å²) in [5.74, 6) is -4.17. The van der Waals surface area contributed by atoms with E-state index >= 15 is 4.39 Å². The normalized spacial score (nSPS) is 17.7. The number of aryl methyl sites for hydroxylation is 1. The predicted octanol–water partition coefficient (Wildman–Crippen LogP) is 6.66. The third-order valence-electron chi connectivity index (χ3n) is 11.9. The Kier molecular flexibility index (Phi) is 10.1. The molecule has 2 aliphatic heterocycles. The number of imide groups is 1. The van der Waals surface area contributed by atoms with Gasteiger partial charge >= 0.3 is 6.03 Å². The van der Waals surface area contributed by atoms with Gasteiger partial charge in [-0.2, -0.15) is 5.10 Å². The molecule has 1 atom stereocenters. The summed E-state index contributed by atoms with van der Waals surface area (Å²) >= 11 is 6.83. The summed E-state index contributed by atoms with van der Waals surface area (Å²) in [4.78, 5) is 58.1. The van der Waals surface area contributed by atoms with Crippen LogP contribution in [0.25, 0.3) is 22.8 Å². The van der Waals surface area contributed by atoms with Crippen LogP contribution >= 0.6 is 11.6 Å². The Bertz CT molecular complexity index is 2470. The van der Waals surface area contributed by atoms with Crippen LogP contribution in [0.1, 0.15) is 97.9 Å². The van der Waals surface area contributed by atoms with Crippen LogP contribution in [0.5, 0.6) is 0 Å². The Hall–Kier alpha value is -5.75. The molecule has 3 N–H and O–H groups in total. The van der Waals surface area contributed by atoms with Crippen LogP contribution < -0.4 is 15.5 Å². The van der Waals surface area contributed by atoms with Crippen molar-refractivity contribution < 1.29 is 32.1 Å². The molecule has 8 rings (SSSR count). The number of nitrogens with zero attached hydrogens (tertiary/aromatic N) is 8. The highest BCUT2D eigenvalue weighted by atomic mass is 35.5. The lowest BCUT2D eigenvalue weighted by Crippen LogP contribution is -2.61. The monoisotopic (exact) mass is 831 g/mol. The topological polar surface area (TPSA) is 188 Å². The van der Waals surface area contributed by atoms with Gasteiger partial charge in [0, 0.05) is 63.0 Å². The van der Waals surface area contributed by atoms with E-state index in [0.29, 0.717) is 22.0 Å². The third-order valence-corrected chi connectivity index (χ3v) is 12.3. The zero-order valence-electron chi connectivity index (χ0n) is 32.9. The molecule has 19 heteroatoms. The number of anilines is 1. The number of amides is 4. The first kappa shape index (κ1) is 40.0. The second-order valence-corrected chi connectivity index (χ2v) is 16.7. The van der Waals surface area contributed by atoms with E-state index in [9.17, 15) is 23.2 Å². The van der Waals surface area contributed by atoms with Crippen LogP contribution in [0.2, 0.25) is 5.02 Å². The molecule has 0 bridgehead atoms. The van der Waals surface area contributed by atoms with Crippen molar-refractivity contribution in [2.75, 3.05) is 24.5 Å². The Morgan fingerprint density at radius 1 is 1.12 bits per heavy atom. The van der Waals surface area contributed by atoms with Gasteiger partial charge in [-0.05, 0) is 75.1 Å². The van der Waals surface area contributed by atoms with Crippen molar-refractivity contribution in [1.82, 2.24) is 50.8 Å². The highest BCUT2D eigenvalue weighted by Gasteiger charge is 2.54. The van der Waals surface area contributed by atoms with Crippen molar-refractivity contribution in [3.8, 4) is 22.8 Å². The molecule has 4 amide bonds. The molecular weight excluding hydrogens is 791 g/mol. The third kappa shape index (κ3) is 7.43. The molecule has 3 fully saturated rings. The number of aromatic amines is 1. The van der Waals surface area contributed by atoms with Crippen molar-refractivity contribution in [2.24, 2.45) is 5.41 Å². The summed E-state index contributed by atoms with van der Waals surface area (Å²) < 4.78 is 48.9. The molecule has 1 aliphatic carbocycles. The highest BCUT2D eigenvalue weighted by molar-refractivity contribution is 6.34. The molecule has 1 saturated carbocycles. The summed E-state index contributed by atoms with van der Waals surface area (Å²) in [7, 11) is 0. The fourth-order valence-corrected chi connectivity index (χ4v) is 8.29. The van der Waals surface area contributed by atoms with Gasteiger partial charge in [-0.25, -0.2) is 32.9 Å². The summed E-state index contributed by atoms with van der Waals surface area (Å²) in [5.41, 5.74) is 1.95. The number of pyridine rings is 1. The molecule has 2 saturated heterocycles. The van der Waals surface area contributed by atoms with E-state index in [0.717, 1.165) is 44.0 Å². The van der Waals surface area contributed by atoms with Gasteiger partial charge in [0.25, 0.3) is 11.8 Å². The number of likely N-dealkylation sites (tertiary alicyclic amines) is 1. The summed E-state index contributed by atoms with van der Waals surface area (Å²) in [6, 6.07) is 8.00. The number of carbonyl (C=O) groups excluding carboxylic acids is 3. The molecule has 59 heavy (non-hydrogen) atoms. The second-order valence-electron chi connectivity index (χ2n) is 16.3. The summed E-state index contributed by atoms with van der Waals surface area (Å²) in [6.07, 6.45) is 5.23. The standard InChI is InChI=1S/C40H41ClF3N11O4/c1-20-25(16-46-34(48-20)27-12-29(59-53-27)35(57)47-17-30-49-36(52-51-30)38(3,4)39(5,43)44)33-26(42)11-22(15-45-33)21(2)54-18-40(19-54)13-23(14-40)24-7-6-8-28(32(24)41)55-10-9-31(56)50-37(55)58/h6-8,11-12,15-16,21,23H,9-10,13-14,17-19H2,1-5H3,(H,47,57)(H,49,51,52)(H,50,56,58). The lowest BCUT2D eigenvalue weighted by Gasteiger charge is -2.61. The average molecular weight is 832 g/mol. The minimum Gasteiger partial charge on any atom is -0.350 e. The second kappa shape index (κ2) is 14.8. The van der Waals surface area contributed by atoms with E-state index in [-0.39, 0.29) is 77.4 Å². The largest absolute Gasteiger partial charge is 0.350 e. The van der Waals surface area contributed by atoms with E-state index in [4.69, 9.17) is 16.1 Å². The maximum absolute atomic E-state index is 15.7. The molecule has 6 heterocycles. The van der Waals surface area contributed by atoms with Crippen LogP contribution in [0, 0.1) is 18.2 Å². The first-order valence-corrected chi connectivity index (χ1v) is 19.5. The van der Waals surface area contributed by atoms with Gasteiger partial charge in [0.15, 0.2) is 17.3 Å². The van der Waals surface area contributed by atoms with Gasteiger partial charge in [0.05, 0.1) is 28.4 Å². The van der Waals surface area contributed by atoms with E-state index in [1.807, 2.05) is 19.1 Å². The first-order valence-electron chi connectivity index (χ1n) is 19.1.